The van der Waals surface area contributed by atoms with E-state index in [4.69, 9.17) is 11.3 Å². The van der Waals surface area contributed by atoms with E-state index in [-0.39, 0.29) is 29.7 Å². The van der Waals surface area contributed by atoms with E-state index in [9.17, 15) is 0 Å². The molecule has 0 aliphatic rings. The summed E-state index contributed by atoms with van der Waals surface area (Å²) < 4.78 is 52.3. The van der Waals surface area contributed by atoms with Gasteiger partial charge in [0, 0.05) is 32.8 Å². The van der Waals surface area contributed by atoms with Crippen molar-refractivity contribution in [3.05, 3.63) is 212 Å². The van der Waals surface area contributed by atoms with Crippen LogP contribution in [0.4, 0.5) is 0 Å². The fraction of sp³-hybridized carbons (Fsp3) is 0. The van der Waals surface area contributed by atoms with E-state index in [0.29, 0.717) is 5.56 Å². The molecular weight excluding hydrogens is 703 g/mol. The lowest BCUT2D eigenvalue weighted by Gasteiger charge is -2.19. The highest BCUT2D eigenvalue weighted by atomic mass is 16.3. The van der Waals surface area contributed by atoms with Crippen LogP contribution in [0.1, 0.15) is 6.85 Å². The van der Waals surface area contributed by atoms with Gasteiger partial charge in [-0.15, -0.1) is 0 Å². The third kappa shape index (κ3) is 4.92. The minimum Gasteiger partial charge on any atom is -0.456 e. The van der Waals surface area contributed by atoms with E-state index in [1.54, 1.807) is 0 Å². The van der Waals surface area contributed by atoms with E-state index in [1.165, 1.54) is 10.8 Å². The number of hydrogen-bond donors (Lipinski definition) is 0. The molecule has 0 spiro atoms. The molecule has 270 valence electrons. The van der Waals surface area contributed by atoms with Crippen LogP contribution < -0.4 is 0 Å². The molecule has 0 fully saturated rings. The summed E-state index contributed by atoms with van der Waals surface area (Å²) in [4.78, 5) is 0. The van der Waals surface area contributed by atoms with Crippen molar-refractivity contribution in [2.24, 2.45) is 0 Å². The van der Waals surface area contributed by atoms with Crippen molar-refractivity contribution in [2.45, 2.75) is 0 Å². The molecule has 58 heavy (non-hydrogen) atoms. The van der Waals surface area contributed by atoms with Gasteiger partial charge in [-0.1, -0.05) is 170 Å². The maximum atomic E-state index is 9.00. The third-order valence-electron chi connectivity index (χ3n) is 11.7. The summed E-state index contributed by atoms with van der Waals surface area (Å²) in [5.41, 5.74) is 12.1. The first-order valence-corrected chi connectivity index (χ1v) is 19.5. The molecule has 2 nitrogen and oxygen atoms in total. The van der Waals surface area contributed by atoms with Crippen LogP contribution in [0.2, 0.25) is 0 Å². The summed E-state index contributed by atoms with van der Waals surface area (Å²) in [6, 6.07) is 61.6. The summed E-state index contributed by atoms with van der Waals surface area (Å²) in [7, 11) is 0. The molecule has 10 aromatic carbocycles. The number of benzene rings is 10. The third-order valence-corrected chi connectivity index (χ3v) is 11.7. The Morgan fingerprint density at radius 1 is 0.362 bits per heavy atom. The Labute approximate surface area is 342 Å². The van der Waals surface area contributed by atoms with Gasteiger partial charge in [0.25, 0.3) is 0 Å². The lowest BCUT2D eigenvalue weighted by molar-refractivity contribution is 0.669. The van der Waals surface area contributed by atoms with Gasteiger partial charge in [0.05, 0.1) is 17.9 Å². The van der Waals surface area contributed by atoms with Crippen molar-refractivity contribution in [1.82, 2.24) is 4.57 Å². The fourth-order valence-corrected chi connectivity index (χ4v) is 9.26. The van der Waals surface area contributed by atoms with E-state index >= 15 is 0 Å². The number of fused-ring (bicyclic) bond motifs is 8. The highest BCUT2D eigenvalue weighted by Crippen LogP contribution is 2.47. The molecule has 0 saturated heterocycles. The maximum Gasteiger partial charge on any atom is 0.136 e. The van der Waals surface area contributed by atoms with Gasteiger partial charge in [0.15, 0.2) is 0 Å². The van der Waals surface area contributed by atoms with E-state index in [1.807, 2.05) is 54.6 Å². The van der Waals surface area contributed by atoms with Crippen molar-refractivity contribution in [3.63, 3.8) is 0 Å². The lowest BCUT2D eigenvalue weighted by atomic mass is 9.84. The second kappa shape index (κ2) is 12.9. The highest BCUT2D eigenvalue weighted by Gasteiger charge is 2.22. The van der Waals surface area contributed by atoms with Crippen LogP contribution >= 0.6 is 0 Å². The molecule has 2 heteroatoms. The molecule has 12 rings (SSSR count). The number of furan rings is 1. The van der Waals surface area contributed by atoms with Crippen molar-refractivity contribution >= 4 is 65.3 Å². The van der Waals surface area contributed by atoms with Gasteiger partial charge in [-0.3, -0.25) is 0 Å². The molecule has 12 aromatic rings. The Bertz CT molecular complexity index is 3780. The summed E-state index contributed by atoms with van der Waals surface area (Å²) in [5.74, 6) is 0. The monoisotopic (exact) mass is 742 g/mol. The number of para-hydroxylation sites is 3. The first-order chi connectivity index (χ1) is 30.9. The SMILES string of the molecule is [2H]c1c([2H])c([2H])c(-c2c3ccccc3c(-c3cccc(-c4ccc5oc6ccccc6c5c4-c4ccc5c6ccccc6n(-c6ccccc6)c5c4)c3)c3ccccc23)c([2H])c1[2H]. The van der Waals surface area contributed by atoms with Gasteiger partial charge in [-0.05, 0) is 103 Å². The minimum atomic E-state index is -0.407. The Balaban J connectivity index is 1.13. The topological polar surface area (TPSA) is 18.1 Å². The number of hydrogen-bond acceptors (Lipinski definition) is 1. The van der Waals surface area contributed by atoms with E-state index < -0.39 is 6.04 Å². The standard InChI is InChI=1S/C56H35NO/c1-3-16-36(17-4-1)53-44-23-7-9-25-46(44)54(47-26-10-8-24-45(47)53)38-19-15-18-37(34-38)41-32-33-52-56(48-27-12-14-29-51(48)58-52)55(41)39-30-31-43-42-22-11-13-28-49(42)57(50(43)35-39)40-20-5-2-6-21-40/h1-35H/i1D,3D,4D,16D,17D. The van der Waals surface area contributed by atoms with Crippen LogP contribution in [0.3, 0.4) is 0 Å². The molecule has 0 saturated carbocycles. The molecule has 2 aromatic heterocycles. The molecular formula is C56H35NO. The molecule has 0 N–H and O–H groups in total. The first-order valence-electron chi connectivity index (χ1n) is 22.0. The largest absolute Gasteiger partial charge is 0.456 e. The number of rotatable bonds is 5. The Morgan fingerprint density at radius 3 is 1.69 bits per heavy atom. The second-order valence-electron chi connectivity index (χ2n) is 14.8. The second-order valence-corrected chi connectivity index (χ2v) is 14.8. The van der Waals surface area contributed by atoms with E-state index in [0.717, 1.165) is 93.6 Å². The molecule has 2 heterocycles. The van der Waals surface area contributed by atoms with Crippen LogP contribution in [-0.2, 0) is 0 Å². The van der Waals surface area contributed by atoms with Crippen molar-refractivity contribution < 1.29 is 11.3 Å². The Hall–Kier alpha value is -7.68. The normalized spacial score (nSPS) is 13.0. The van der Waals surface area contributed by atoms with Gasteiger partial charge in [-0.25, -0.2) is 0 Å². The molecule has 0 aliphatic carbocycles. The Kier molecular flexibility index (Phi) is 6.21. The van der Waals surface area contributed by atoms with Gasteiger partial charge >= 0.3 is 0 Å². The van der Waals surface area contributed by atoms with Gasteiger partial charge < -0.3 is 8.98 Å². The zero-order valence-electron chi connectivity index (χ0n) is 36.2. The summed E-state index contributed by atoms with van der Waals surface area (Å²) in [6.07, 6.45) is 0. The van der Waals surface area contributed by atoms with Crippen LogP contribution in [0.5, 0.6) is 0 Å². The van der Waals surface area contributed by atoms with Gasteiger partial charge in [0.1, 0.15) is 11.2 Å². The van der Waals surface area contributed by atoms with Crippen LogP contribution in [0.25, 0.3) is 115 Å². The zero-order valence-corrected chi connectivity index (χ0v) is 31.2. The van der Waals surface area contributed by atoms with Crippen molar-refractivity contribution in [2.75, 3.05) is 0 Å². The van der Waals surface area contributed by atoms with Crippen LogP contribution in [-0.4, -0.2) is 4.57 Å². The van der Waals surface area contributed by atoms with Gasteiger partial charge in [-0.2, -0.15) is 0 Å². The van der Waals surface area contributed by atoms with Crippen LogP contribution in [0.15, 0.2) is 217 Å². The molecule has 0 amide bonds. The van der Waals surface area contributed by atoms with E-state index in [2.05, 4.69) is 132 Å². The summed E-state index contributed by atoms with van der Waals surface area (Å²) in [6.45, 7) is 0. The molecule has 0 aliphatic heterocycles. The summed E-state index contributed by atoms with van der Waals surface area (Å²) >= 11 is 0. The fourth-order valence-electron chi connectivity index (χ4n) is 9.26. The van der Waals surface area contributed by atoms with Crippen molar-refractivity contribution in [3.8, 4) is 50.2 Å². The highest BCUT2D eigenvalue weighted by molar-refractivity contribution is 6.22. The number of nitrogens with zero attached hydrogens (tertiary/aromatic N) is 1. The maximum absolute atomic E-state index is 9.00. The minimum absolute atomic E-state index is 0.197. The molecule has 0 unspecified atom stereocenters. The molecule has 0 atom stereocenters. The molecule has 0 bridgehead atoms. The molecule has 0 radical (unpaired) electrons. The smallest absolute Gasteiger partial charge is 0.136 e. The number of aromatic nitrogens is 1. The van der Waals surface area contributed by atoms with Crippen molar-refractivity contribution in [1.29, 1.82) is 0 Å². The van der Waals surface area contributed by atoms with Crippen LogP contribution in [0, 0.1) is 0 Å². The average molecular weight is 743 g/mol. The average Bonchev–Trinajstić information content (AvgIpc) is 3.88. The predicted molar refractivity (Wildman–Crippen MR) is 245 cm³/mol. The zero-order chi connectivity index (χ0) is 42.5. The van der Waals surface area contributed by atoms with Gasteiger partial charge in [0.2, 0.25) is 0 Å². The predicted octanol–water partition coefficient (Wildman–Crippen LogP) is 15.7. The summed E-state index contributed by atoms with van der Waals surface area (Å²) in [5, 5.41) is 7.93. The lowest BCUT2D eigenvalue weighted by Crippen LogP contribution is -1.94. The Morgan fingerprint density at radius 2 is 0.948 bits per heavy atom. The quantitative estimate of drug-likeness (QED) is 0.161. The first kappa shape index (κ1) is 27.8.